The largest absolute Gasteiger partial charge is 0.475 e. The van der Waals surface area contributed by atoms with E-state index >= 15 is 0 Å². The van der Waals surface area contributed by atoms with Crippen molar-refractivity contribution in [1.82, 2.24) is 15.1 Å². The Labute approximate surface area is 145 Å². The van der Waals surface area contributed by atoms with Crippen molar-refractivity contribution < 1.29 is 14.0 Å². The van der Waals surface area contributed by atoms with Gasteiger partial charge < -0.3 is 19.7 Å². The molecule has 3 heterocycles. The van der Waals surface area contributed by atoms with Crippen LogP contribution in [0.3, 0.4) is 0 Å². The van der Waals surface area contributed by atoms with E-state index in [9.17, 15) is 0 Å². The van der Waals surface area contributed by atoms with Gasteiger partial charge >= 0.3 is 0 Å². The molecule has 0 aromatic carbocycles. The van der Waals surface area contributed by atoms with Gasteiger partial charge in [0.2, 0.25) is 11.8 Å². The molecular weight excluding hydrogens is 320 g/mol. The molecule has 0 saturated heterocycles. The van der Waals surface area contributed by atoms with Gasteiger partial charge in [-0.15, -0.1) is 0 Å². The molecule has 0 saturated carbocycles. The normalized spacial score (nSPS) is 12.2. The first kappa shape index (κ1) is 16.9. The smallest absolute Gasteiger partial charge is 0.219 e. The molecule has 0 bridgehead atoms. The van der Waals surface area contributed by atoms with Crippen molar-refractivity contribution in [2.24, 2.45) is 5.73 Å². The Kier molecular flexibility index (Phi) is 4.95. The van der Waals surface area contributed by atoms with E-state index < -0.39 is 0 Å². The zero-order valence-corrected chi connectivity index (χ0v) is 14.3. The molecule has 0 aliphatic carbocycles. The number of hydrogen-bond acceptors (Lipinski definition) is 7. The summed E-state index contributed by atoms with van der Waals surface area (Å²) in [5.41, 5.74) is 7.27. The maximum atomic E-state index is 5.77. The van der Waals surface area contributed by atoms with E-state index in [-0.39, 0.29) is 12.1 Å². The number of aromatic nitrogens is 3. The van der Waals surface area contributed by atoms with Gasteiger partial charge in [-0.25, -0.2) is 9.97 Å². The third-order valence-corrected chi connectivity index (χ3v) is 3.30. The molecule has 3 aromatic heterocycles. The fourth-order valence-electron chi connectivity index (χ4n) is 2.09. The molecule has 0 radical (unpaired) electrons. The molecule has 0 spiro atoms. The average molecular weight is 340 g/mol. The highest BCUT2D eigenvalue weighted by Gasteiger charge is 2.10. The van der Waals surface area contributed by atoms with Crippen molar-refractivity contribution in [3.63, 3.8) is 0 Å². The van der Waals surface area contributed by atoms with Gasteiger partial charge in [-0.1, -0.05) is 5.16 Å². The van der Waals surface area contributed by atoms with Gasteiger partial charge in [0, 0.05) is 30.0 Å². The lowest BCUT2D eigenvalue weighted by Gasteiger charge is -2.09. The summed E-state index contributed by atoms with van der Waals surface area (Å²) in [7, 11) is 0. The minimum Gasteiger partial charge on any atom is -0.475 e. The average Bonchev–Trinajstić information content (AvgIpc) is 3.07. The highest BCUT2D eigenvalue weighted by Crippen LogP contribution is 2.25. The van der Waals surface area contributed by atoms with Crippen molar-refractivity contribution >= 4 is 0 Å². The van der Waals surface area contributed by atoms with Crippen molar-refractivity contribution in [3.05, 3.63) is 48.5 Å². The summed E-state index contributed by atoms with van der Waals surface area (Å²) < 4.78 is 16.4. The molecule has 7 nitrogen and oxygen atoms in total. The first-order valence-electron chi connectivity index (χ1n) is 8.00. The summed E-state index contributed by atoms with van der Waals surface area (Å²) in [6.07, 6.45) is 3.34. The second-order valence-electron chi connectivity index (χ2n) is 5.89. The van der Waals surface area contributed by atoms with E-state index in [1.807, 2.05) is 26.8 Å². The Hall–Kier alpha value is -2.93. The number of nitrogens with two attached hydrogens (primary N) is 1. The van der Waals surface area contributed by atoms with Gasteiger partial charge in [0.25, 0.3) is 0 Å². The minimum absolute atomic E-state index is 0.0767. The van der Waals surface area contributed by atoms with Crippen LogP contribution in [0.1, 0.15) is 32.6 Å². The Morgan fingerprint density at radius 3 is 2.32 bits per heavy atom. The lowest BCUT2D eigenvalue weighted by atomic mass is 10.2. The fraction of sp³-hybridized carbons (Fsp3) is 0.278. The summed E-state index contributed by atoms with van der Waals surface area (Å²) >= 11 is 0. The van der Waals surface area contributed by atoms with E-state index in [4.69, 9.17) is 19.7 Å². The topological polar surface area (TPSA) is 96.3 Å². The molecule has 0 amide bonds. The third kappa shape index (κ3) is 4.33. The Balaban J connectivity index is 1.67. The highest BCUT2D eigenvalue weighted by atomic mass is 16.5. The quantitative estimate of drug-likeness (QED) is 0.730. The lowest BCUT2D eigenvalue weighted by Crippen LogP contribution is -2.06. The van der Waals surface area contributed by atoms with E-state index in [1.54, 1.807) is 36.7 Å². The van der Waals surface area contributed by atoms with Crippen LogP contribution in [0, 0.1) is 0 Å². The van der Waals surface area contributed by atoms with Crippen LogP contribution >= 0.6 is 0 Å². The Bertz CT molecular complexity index is 811. The van der Waals surface area contributed by atoms with E-state index in [0.29, 0.717) is 29.0 Å². The van der Waals surface area contributed by atoms with Crippen molar-refractivity contribution in [1.29, 1.82) is 0 Å². The number of nitrogens with zero attached hydrogens (tertiary/aromatic N) is 3. The van der Waals surface area contributed by atoms with Crippen LogP contribution in [0.5, 0.6) is 17.5 Å². The summed E-state index contributed by atoms with van der Waals surface area (Å²) in [6.45, 7) is 5.73. The standard InChI is InChI=1S/C18H20N4O3/c1-11(2)23-17-7-5-14(10-21-17)24-18-6-4-13(9-20-18)15-8-16(12(3)19)25-22-15/h4-12H,19H2,1-3H3. The Morgan fingerprint density at radius 2 is 1.76 bits per heavy atom. The molecule has 130 valence electrons. The number of rotatable bonds is 6. The maximum Gasteiger partial charge on any atom is 0.219 e. The molecule has 2 N–H and O–H groups in total. The second kappa shape index (κ2) is 7.31. The van der Waals surface area contributed by atoms with Crippen LogP contribution in [0.25, 0.3) is 11.3 Å². The third-order valence-electron chi connectivity index (χ3n) is 3.30. The summed E-state index contributed by atoms with van der Waals surface area (Å²) in [6, 6.07) is 8.76. The summed E-state index contributed by atoms with van der Waals surface area (Å²) in [5.74, 6) is 2.22. The molecule has 0 aliphatic rings. The van der Waals surface area contributed by atoms with Crippen LogP contribution in [-0.2, 0) is 0 Å². The zero-order chi connectivity index (χ0) is 17.8. The summed E-state index contributed by atoms with van der Waals surface area (Å²) in [5, 5.41) is 3.99. The summed E-state index contributed by atoms with van der Waals surface area (Å²) in [4.78, 5) is 8.47. The SMILES string of the molecule is CC(C)Oc1ccc(Oc2ccc(-c3cc(C(C)N)on3)cn2)cn1. The molecule has 0 fully saturated rings. The predicted molar refractivity (Wildman–Crippen MR) is 92.4 cm³/mol. The maximum absolute atomic E-state index is 5.77. The number of ether oxygens (including phenoxy) is 2. The minimum atomic E-state index is -0.202. The van der Waals surface area contributed by atoms with Crippen molar-refractivity contribution in [2.75, 3.05) is 0 Å². The van der Waals surface area contributed by atoms with Crippen molar-refractivity contribution in [3.8, 4) is 28.8 Å². The van der Waals surface area contributed by atoms with Gasteiger partial charge in [0.05, 0.1) is 18.3 Å². The monoisotopic (exact) mass is 340 g/mol. The van der Waals surface area contributed by atoms with Crippen LogP contribution in [-0.4, -0.2) is 21.2 Å². The van der Waals surface area contributed by atoms with Gasteiger partial charge in [0.15, 0.2) is 5.76 Å². The second-order valence-corrected chi connectivity index (χ2v) is 5.89. The molecule has 3 aromatic rings. The van der Waals surface area contributed by atoms with Gasteiger partial charge in [-0.3, -0.25) is 0 Å². The van der Waals surface area contributed by atoms with E-state index in [2.05, 4.69) is 15.1 Å². The molecular formula is C18H20N4O3. The van der Waals surface area contributed by atoms with Gasteiger partial charge in [0.1, 0.15) is 11.4 Å². The molecule has 1 unspecified atom stereocenters. The van der Waals surface area contributed by atoms with Gasteiger partial charge in [-0.05, 0) is 32.9 Å². The lowest BCUT2D eigenvalue weighted by molar-refractivity contribution is 0.232. The Morgan fingerprint density at radius 1 is 1.00 bits per heavy atom. The molecule has 1 atom stereocenters. The molecule has 7 heteroatoms. The van der Waals surface area contributed by atoms with Crippen LogP contribution in [0.15, 0.2) is 47.2 Å². The predicted octanol–water partition coefficient (Wildman–Crippen LogP) is 3.73. The van der Waals surface area contributed by atoms with Gasteiger partial charge in [-0.2, -0.15) is 0 Å². The fourth-order valence-corrected chi connectivity index (χ4v) is 2.09. The number of pyridine rings is 2. The zero-order valence-electron chi connectivity index (χ0n) is 14.3. The number of hydrogen-bond donors (Lipinski definition) is 1. The molecule has 3 rings (SSSR count). The van der Waals surface area contributed by atoms with Crippen LogP contribution < -0.4 is 15.2 Å². The first-order valence-corrected chi connectivity index (χ1v) is 8.00. The van der Waals surface area contributed by atoms with Crippen LogP contribution in [0.2, 0.25) is 0 Å². The molecule has 25 heavy (non-hydrogen) atoms. The first-order chi connectivity index (χ1) is 12.0. The molecule has 0 aliphatic heterocycles. The van der Waals surface area contributed by atoms with Crippen molar-refractivity contribution in [2.45, 2.75) is 32.9 Å². The highest BCUT2D eigenvalue weighted by molar-refractivity contribution is 5.58. The van der Waals surface area contributed by atoms with E-state index in [0.717, 1.165) is 5.56 Å². The van der Waals surface area contributed by atoms with E-state index in [1.165, 1.54) is 0 Å². The van der Waals surface area contributed by atoms with Crippen LogP contribution in [0.4, 0.5) is 0 Å².